The summed E-state index contributed by atoms with van der Waals surface area (Å²) in [7, 11) is 4.56. The summed E-state index contributed by atoms with van der Waals surface area (Å²) in [5, 5.41) is 0. The van der Waals surface area contributed by atoms with Gasteiger partial charge in [-0.2, -0.15) is 0 Å². The molecule has 140 valence electrons. The molecule has 2 bridgehead atoms. The molecule has 1 aromatic rings. The van der Waals surface area contributed by atoms with Gasteiger partial charge in [0.2, 0.25) is 6.79 Å². The van der Waals surface area contributed by atoms with Gasteiger partial charge in [-0.05, 0) is 56.8 Å². The van der Waals surface area contributed by atoms with Crippen LogP contribution >= 0.6 is 0 Å². The zero-order valence-electron chi connectivity index (χ0n) is 16.3. The molecule has 1 aliphatic carbocycles. The Morgan fingerprint density at radius 2 is 2.00 bits per heavy atom. The van der Waals surface area contributed by atoms with Gasteiger partial charge in [-0.25, -0.2) is 0 Å². The van der Waals surface area contributed by atoms with Crippen molar-refractivity contribution in [3.05, 3.63) is 30.4 Å². The summed E-state index contributed by atoms with van der Waals surface area (Å²) in [5.41, 5.74) is 3.28. The molecule has 0 radical (unpaired) electrons. The molecule has 1 saturated carbocycles. The van der Waals surface area contributed by atoms with Crippen molar-refractivity contribution in [2.24, 2.45) is 5.41 Å². The van der Waals surface area contributed by atoms with Gasteiger partial charge in [0.1, 0.15) is 0 Å². The molecule has 5 rings (SSSR count). The van der Waals surface area contributed by atoms with E-state index < -0.39 is 0 Å². The van der Waals surface area contributed by atoms with E-state index in [9.17, 15) is 0 Å². The number of nitrogens with zero attached hydrogens (tertiary/aromatic N) is 2. The summed E-state index contributed by atoms with van der Waals surface area (Å²) in [6, 6.07) is 5.00. The molecule has 4 unspecified atom stereocenters. The molecule has 4 aliphatic rings. The minimum Gasteiger partial charge on any atom is -0.454 e. The highest BCUT2D eigenvalue weighted by Crippen LogP contribution is 2.66. The van der Waals surface area contributed by atoms with Crippen LogP contribution < -0.4 is 14.4 Å². The van der Waals surface area contributed by atoms with E-state index in [1.807, 2.05) is 0 Å². The van der Waals surface area contributed by atoms with E-state index in [4.69, 9.17) is 9.47 Å². The molecule has 3 aliphatic heterocycles. The molecule has 4 heteroatoms. The minimum absolute atomic E-state index is 0.121. The second-order valence-corrected chi connectivity index (χ2v) is 8.85. The lowest BCUT2D eigenvalue weighted by atomic mass is 9.66. The van der Waals surface area contributed by atoms with Gasteiger partial charge in [0.15, 0.2) is 11.5 Å². The standard InChI is InChI=1S/C22H30N2O2/c1-5-7-21-8-9-22(20(21)23(3)4)16(6-2)15-12-18-19(26-14-25-18)13-17(15)24(22)11-10-21/h6,12-13,16,20H,2,5,7-11,14H2,1,3-4H3. The van der Waals surface area contributed by atoms with Crippen molar-refractivity contribution < 1.29 is 9.47 Å². The Bertz CT molecular complexity index is 761. The molecule has 2 fully saturated rings. The first-order valence-corrected chi connectivity index (χ1v) is 10.1. The summed E-state index contributed by atoms with van der Waals surface area (Å²) >= 11 is 0. The molecular formula is C22H30N2O2. The van der Waals surface area contributed by atoms with Crippen molar-refractivity contribution in [1.82, 2.24) is 4.90 Å². The van der Waals surface area contributed by atoms with Crippen molar-refractivity contribution in [2.45, 2.75) is 56.5 Å². The predicted molar refractivity (Wildman–Crippen MR) is 104 cm³/mol. The average molecular weight is 354 g/mol. The lowest BCUT2D eigenvalue weighted by Gasteiger charge is -2.56. The molecule has 3 heterocycles. The molecule has 4 atom stereocenters. The Morgan fingerprint density at radius 1 is 1.23 bits per heavy atom. The van der Waals surface area contributed by atoms with Crippen LogP contribution in [0, 0.1) is 5.41 Å². The van der Waals surface area contributed by atoms with E-state index in [1.165, 1.54) is 43.4 Å². The van der Waals surface area contributed by atoms with Gasteiger partial charge in [-0.1, -0.05) is 19.4 Å². The Kier molecular flexibility index (Phi) is 3.43. The lowest BCUT2D eigenvalue weighted by molar-refractivity contribution is 0.0462. The maximum Gasteiger partial charge on any atom is 0.231 e. The predicted octanol–water partition coefficient (Wildman–Crippen LogP) is 4.16. The van der Waals surface area contributed by atoms with Gasteiger partial charge in [0, 0.05) is 30.3 Å². The summed E-state index contributed by atoms with van der Waals surface area (Å²) in [6.45, 7) is 8.10. The number of anilines is 1. The summed E-state index contributed by atoms with van der Waals surface area (Å²) in [4.78, 5) is 5.22. The average Bonchev–Trinajstić information content (AvgIpc) is 3.23. The third-order valence-electron chi connectivity index (χ3n) is 7.60. The highest BCUT2D eigenvalue weighted by Gasteiger charge is 2.67. The zero-order valence-corrected chi connectivity index (χ0v) is 16.3. The summed E-state index contributed by atoms with van der Waals surface area (Å²) < 4.78 is 11.4. The van der Waals surface area contributed by atoms with E-state index in [2.05, 4.69) is 55.6 Å². The maximum atomic E-state index is 5.70. The van der Waals surface area contributed by atoms with E-state index in [-0.39, 0.29) is 5.54 Å². The molecule has 1 saturated heterocycles. The topological polar surface area (TPSA) is 24.9 Å². The van der Waals surface area contributed by atoms with Crippen LogP contribution in [-0.4, -0.2) is 43.9 Å². The lowest BCUT2D eigenvalue weighted by Crippen LogP contribution is -2.66. The van der Waals surface area contributed by atoms with Crippen molar-refractivity contribution >= 4 is 5.69 Å². The molecule has 0 amide bonds. The summed E-state index contributed by atoms with van der Waals surface area (Å²) in [6.07, 6.45) is 8.64. The van der Waals surface area contributed by atoms with Crippen LogP contribution in [0.2, 0.25) is 0 Å². The molecule has 1 aromatic carbocycles. The molecule has 0 aromatic heterocycles. The fourth-order valence-corrected chi connectivity index (χ4v) is 7.09. The smallest absolute Gasteiger partial charge is 0.231 e. The van der Waals surface area contributed by atoms with Gasteiger partial charge in [-0.3, -0.25) is 0 Å². The van der Waals surface area contributed by atoms with Gasteiger partial charge >= 0.3 is 0 Å². The molecule has 1 spiro atoms. The van der Waals surface area contributed by atoms with Crippen LogP contribution in [0.4, 0.5) is 5.69 Å². The quantitative estimate of drug-likeness (QED) is 0.758. The number of hydrogen-bond acceptors (Lipinski definition) is 4. The fourth-order valence-electron chi connectivity index (χ4n) is 7.09. The number of piperidine rings is 1. The highest BCUT2D eigenvalue weighted by atomic mass is 16.7. The van der Waals surface area contributed by atoms with Crippen LogP contribution in [0.1, 0.15) is 50.5 Å². The largest absolute Gasteiger partial charge is 0.454 e. The normalized spacial score (nSPS) is 36.4. The van der Waals surface area contributed by atoms with Gasteiger partial charge in [0.05, 0.1) is 5.54 Å². The Hall–Kier alpha value is -1.68. The molecule has 4 nitrogen and oxygen atoms in total. The Morgan fingerprint density at radius 3 is 2.69 bits per heavy atom. The molecule has 26 heavy (non-hydrogen) atoms. The molecular weight excluding hydrogens is 324 g/mol. The van der Waals surface area contributed by atoms with E-state index in [1.54, 1.807) is 0 Å². The number of fused-ring (bicyclic) bond motifs is 4. The van der Waals surface area contributed by atoms with Gasteiger partial charge < -0.3 is 19.3 Å². The number of rotatable bonds is 4. The first kappa shape index (κ1) is 16.5. The maximum absolute atomic E-state index is 5.70. The third kappa shape index (κ3) is 1.79. The number of hydrogen-bond donors (Lipinski definition) is 0. The number of ether oxygens (including phenoxy) is 2. The first-order valence-electron chi connectivity index (χ1n) is 10.1. The fraction of sp³-hybridized carbons (Fsp3) is 0.636. The van der Waals surface area contributed by atoms with Gasteiger partial charge in [-0.15, -0.1) is 6.58 Å². The second-order valence-electron chi connectivity index (χ2n) is 8.85. The van der Waals surface area contributed by atoms with Crippen LogP contribution in [0.15, 0.2) is 24.8 Å². The Balaban J connectivity index is 1.69. The van der Waals surface area contributed by atoms with E-state index >= 15 is 0 Å². The van der Waals surface area contributed by atoms with Crippen LogP contribution in [0.25, 0.3) is 0 Å². The molecule has 0 N–H and O–H groups in total. The number of likely N-dealkylation sites (N-methyl/N-ethyl adjacent to an activating group) is 1. The zero-order chi connectivity index (χ0) is 18.1. The summed E-state index contributed by atoms with van der Waals surface area (Å²) in [5.74, 6) is 2.14. The minimum atomic E-state index is 0.121. The van der Waals surface area contributed by atoms with Crippen molar-refractivity contribution in [2.75, 3.05) is 32.3 Å². The van der Waals surface area contributed by atoms with E-state index in [0.717, 1.165) is 18.0 Å². The van der Waals surface area contributed by atoms with E-state index in [0.29, 0.717) is 24.2 Å². The van der Waals surface area contributed by atoms with Crippen molar-refractivity contribution in [3.8, 4) is 11.5 Å². The Labute approximate surface area is 156 Å². The third-order valence-corrected chi connectivity index (χ3v) is 7.60. The monoisotopic (exact) mass is 354 g/mol. The van der Waals surface area contributed by atoms with Crippen molar-refractivity contribution in [3.63, 3.8) is 0 Å². The van der Waals surface area contributed by atoms with Crippen LogP contribution in [-0.2, 0) is 0 Å². The van der Waals surface area contributed by atoms with Crippen LogP contribution in [0.5, 0.6) is 11.5 Å². The first-order chi connectivity index (χ1) is 12.6. The van der Waals surface area contributed by atoms with Crippen LogP contribution in [0.3, 0.4) is 0 Å². The second kappa shape index (κ2) is 5.41. The highest BCUT2D eigenvalue weighted by molar-refractivity contribution is 5.72. The SMILES string of the molecule is C=CC1c2cc3c(cc2N2CCC4(CCC)CCC12C4N(C)C)OCO3. The van der Waals surface area contributed by atoms with Gasteiger partial charge in [0.25, 0.3) is 0 Å². The number of benzene rings is 1. The van der Waals surface area contributed by atoms with Crippen molar-refractivity contribution in [1.29, 1.82) is 0 Å².